The van der Waals surface area contributed by atoms with Crippen molar-refractivity contribution in [1.82, 2.24) is 5.32 Å². The van der Waals surface area contributed by atoms with Gasteiger partial charge in [0, 0.05) is 6.42 Å². The SMILES string of the molecule is Cc1ccc(CNC(=O)CC2(CC(=O)O)CCCC2)o1. The lowest BCUT2D eigenvalue weighted by Gasteiger charge is -2.26. The summed E-state index contributed by atoms with van der Waals surface area (Å²) in [4.78, 5) is 23.0. The minimum Gasteiger partial charge on any atom is -0.481 e. The molecule has 1 aromatic heterocycles. The molecule has 0 atom stereocenters. The third-order valence-electron chi connectivity index (χ3n) is 3.98. The molecule has 0 bridgehead atoms. The second-order valence-electron chi connectivity index (χ2n) is 5.74. The summed E-state index contributed by atoms with van der Waals surface area (Å²) in [6, 6.07) is 3.68. The van der Waals surface area contributed by atoms with Gasteiger partial charge >= 0.3 is 5.97 Å². The van der Waals surface area contributed by atoms with Crippen LogP contribution in [0, 0.1) is 12.3 Å². The lowest BCUT2D eigenvalue weighted by atomic mass is 9.79. The molecular weight excluding hydrogens is 258 g/mol. The number of hydrogen-bond acceptors (Lipinski definition) is 3. The van der Waals surface area contributed by atoms with Gasteiger partial charge in [-0.2, -0.15) is 0 Å². The van der Waals surface area contributed by atoms with E-state index in [0.717, 1.165) is 37.2 Å². The van der Waals surface area contributed by atoms with Crippen molar-refractivity contribution in [2.45, 2.75) is 52.0 Å². The number of amides is 1. The normalized spacial score (nSPS) is 17.1. The van der Waals surface area contributed by atoms with Gasteiger partial charge in [-0.1, -0.05) is 12.8 Å². The molecule has 0 aromatic carbocycles. The number of carbonyl (C=O) groups is 2. The average Bonchev–Trinajstić information content (AvgIpc) is 2.95. The second kappa shape index (κ2) is 6.11. The monoisotopic (exact) mass is 279 g/mol. The number of rotatable bonds is 6. The Morgan fingerprint density at radius 1 is 1.30 bits per heavy atom. The van der Waals surface area contributed by atoms with Crippen molar-refractivity contribution >= 4 is 11.9 Å². The predicted octanol–water partition coefficient (Wildman–Crippen LogP) is 2.63. The molecule has 2 rings (SSSR count). The van der Waals surface area contributed by atoms with E-state index in [1.54, 1.807) is 0 Å². The Morgan fingerprint density at radius 2 is 2.00 bits per heavy atom. The zero-order chi connectivity index (χ0) is 14.6. The van der Waals surface area contributed by atoms with Crippen LogP contribution in [-0.4, -0.2) is 17.0 Å². The predicted molar refractivity (Wildman–Crippen MR) is 73.1 cm³/mol. The molecule has 1 heterocycles. The molecule has 0 unspecified atom stereocenters. The number of carboxylic acid groups (broad SMARTS) is 1. The van der Waals surface area contributed by atoms with Gasteiger partial charge in [0.2, 0.25) is 5.91 Å². The molecule has 110 valence electrons. The molecule has 1 aliphatic carbocycles. The molecule has 20 heavy (non-hydrogen) atoms. The molecule has 5 heteroatoms. The maximum Gasteiger partial charge on any atom is 0.303 e. The highest BCUT2D eigenvalue weighted by atomic mass is 16.4. The van der Waals surface area contributed by atoms with Crippen LogP contribution in [0.15, 0.2) is 16.5 Å². The highest BCUT2D eigenvalue weighted by molar-refractivity contribution is 5.78. The Bertz CT molecular complexity index is 486. The summed E-state index contributed by atoms with van der Waals surface area (Å²) in [7, 11) is 0. The van der Waals surface area contributed by atoms with Gasteiger partial charge in [-0.15, -0.1) is 0 Å². The molecule has 1 fully saturated rings. The van der Waals surface area contributed by atoms with Crippen LogP contribution in [0.3, 0.4) is 0 Å². The molecule has 1 saturated carbocycles. The van der Waals surface area contributed by atoms with Crippen LogP contribution in [0.5, 0.6) is 0 Å². The lowest BCUT2D eigenvalue weighted by molar-refractivity contribution is -0.140. The van der Waals surface area contributed by atoms with Crippen LogP contribution in [0.25, 0.3) is 0 Å². The standard InChI is InChI=1S/C15H21NO4/c1-11-4-5-12(20-11)10-16-13(17)8-15(9-14(18)19)6-2-3-7-15/h4-5H,2-3,6-10H2,1H3,(H,16,17)(H,18,19). The topological polar surface area (TPSA) is 79.5 Å². The molecule has 0 saturated heterocycles. The third kappa shape index (κ3) is 3.85. The van der Waals surface area contributed by atoms with Gasteiger partial charge in [0.15, 0.2) is 0 Å². The molecule has 1 aliphatic rings. The van der Waals surface area contributed by atoms with Gasteiger partial charge in [-0.3, -0.25) is 9.59 Å². The van der Waals surface area contributed by atoms with Crippen molar-refractivity contribution in [3.63, 3.8) is 0 Å². The lowest BCUT2D eigenvalue weighted by Crippen LogP contribution is -2.31. The van der Waals surface area contributed by atoms with E-state index < -0.39 is 5.97 Å². The first-order valence-corrected chi connectivity index (χ1v) is 7.03. The minimum absolute atomic E-state index is 0.0836. The van der Waals surface area contributed by atoms with E-state index in [1.165, 1.54) is 0 Å². The van der Waals surface area contributed by atoms with Gasteiger partial charge in [0.05, 0.1) is 13.0 Å². The van der Waals surface area contributed by atoms with E-state index in [4.69, 9.17) is 9.52 Å². The summed E-state index contributed by atoms with van der Waals surface area (Å²) in [6.45, 7) is 2.21. The Morgan fingerprint density at radius 3 is 2.55 bits per heavy atom. The fourth-order valence-electron chi connectivity index (χ4n) is 3.03. The average molecular weight is 279 g/mol. The van der Waals surface area contributed by atoms with E-state index in [-0.39, 0.29) is 17.7 Å². The summed E-state index contributed by atoms with van der Waals surface area (Å²) >= 11 is 0. The third-order valence-corrected chi connectivity index (χ3v) is 3.98. The number of aliphatic carboxylic acids is 1. The first-order chi connectivity index (χ1) is 9.49. The van der Waals surface area contributed by atoms with E-state index in [0.29, 0.717) is 13.0 Å². The van der Waals surface area contributed by atoms with Gasteiger partial charge < -0.3 is 14.8 Å². The fourth-order valence-corrected chi connectivity index (χ4v) is 3.03. The maximum absolute atomic E-state index is 12.0. The Balaban J connectivity index is 1.87. The summed E-state index contributed by atoms with van der Waals surface area (Å²) in [5, 5.41) is 11.8. The first-order valence-electron chi connectivity index (χ1n) is 7.03. The second-order valence-corrected chi connectivity index (χ2v) is 5.74. The van der Waals surface area contributed by atoms with E-state index in [9.17, 15) is 9.59 Å². The number of nitrogens with one attached hydrogen (secondary N) is 1. The summed E-state index contributed by atoms with van der Waals surface area (Å²) in [5.74, 6) is 0.616. The van der Waals surface area contributed by atoms with Gasteiger partial charge in [0.25, 0.3) is 0 Å². The van der Waals surface area contributed by atoms with Crippen molar-refractivity contribution in [1.29, 1.82) is 0 Å². The molecule has 0 spiro atoms. The largest absolute Gasteiger partial charge is 0.481 e. The Hall–Kier alpha value is -1.78. The van der Waals surface area contributed by atoms with Crippen molar-refractivity contribution in [2.24, 2.45) is 5.41 Å². The molecule has 0 aliphatic heterocycles. The number of carbonyl (C=O) groups excluding carboxylic acids is 1. The van der Waals surface area contributed by atoms with Crippen molar-refractivity contribution in [3.05, 3.63) is 23.7 Å². The molecule has 2 N–H and O–H groups in total. The Labute approximate surface area is 118 Å². The maximum atomic E-state index is 12.0. The van der Waals surface area contributed by atoms with Crippen molar-refractivity contribution < 1.29 is 19.1 Å². The quantitative estimate of drug-likeness (QED) is 0.839. The smallest absolute Gasteiger partial charge is 0.303 e. The van der Waals surface area contributed by atoms with E-state index in [1.807, 2.05) is 19.1 Å². The van der Waals surface area contributed by atoms with Crippen LogP contribution in [0.1, 0.15) is 50.0 Å². The Kier molecular flexibility index (Phi) is 4.47. The van der Waals surface area contributed by atoms with Crippen molar-refractivity contribution in [2.75, 3.05) is 0 Å². The van der Waals surface area contributed by atoms with Crippen LogP contribution in [-0.2, 0) is 16.1 Å². The summed E-state index contributed by atoms with van der Waals surface area (Å²) < 4.78 is 5.38. The molecular formula is C15H21NO4. The van der Waals surface area contributed by atoms with Crippen molar-refractivity contribution in [3.8, 4) is 0 Å². The van der Waals surface area contributed by atoms with Crippen LogP contribution < -0.4 is 5.32 Å². The summed E-state index contributed by atoms with van der Waals surface area (Å²) in [5.41, 5.74) is -0.352. The van der Waals surface area contributed by atoms with Crippen LogP contribution in [0.2, 0.25) is 0 Å². The summed E-state index contributed by atoms with van der Waals surface area (Å²) in [6.07, 6.45) is 4.05. The van der Waals surface area contributed by atoms with Crippen LogP contribution in [0.4, 0.5) is 0 Å². The van der Waals surface area contributed by atoms with Gasteiger partial charge in [-0.25, -0.2) is 0 Å². The van der Waals surface area contributed by atoms with E-state index >= 15 is 0 Å². The fraction of sp³-hybridized carbons (Fsp3) is 0.600. The van der Waals surface area contributed by atoms with Gasteiger partial charge in [0.1, 0.15) is 11.5 Å². The highest BCUT2D eigenvalue weighted by Crippen LogP contribution is 2.43. The molecule has 5 nitrogen and oxygen atoms in total. The van der Waals surface area contributed by atoms with E-state index in [2.05, 4.69) is 5.32 Å². The highest BCUT2D eigenvalue weighted by Gasteiger charge is 2.37. The number of aryl methyl sites for hydroxylation is 1. The number of furan rings is 1. The molecule has 1 amide bonds. The zero-order valence-electron chi connectivity index (χ0n) is 11.8. The van der Waals surface area contributed by atoms with Crippen LogP contribution >= 0.6 is 0 Å². The molecule has 1 aromatic rings. The first kappa shape index (κ1) is 14.6. The number of carboxylic acids is 1. The molecule has 0 radical (unpaired) electrons. The minimum atomic E-state index is -0.818. The number of hydrogen-bond donors (Lipinski definition) is 2. The zero-order valence-corrected chi connectivity index (χ0v) is 11.8. The van der Waals surface area contributed by atoms with Gasteiger partial charge in [-0.05, 0) is 37.3 Å².